The number of benzene rings is 1. The van der Waals surface area contributed by atoms with Crippen LogP contribution in [-0.4, -0.2) is 16.6 Å². The summed E-state index contributed by atoms with van der Waals surface area (Å²) in [6.45, 7) is 2.82. The highest BCUT2D eigenvalue weighted by atomic mass is 32.1. The summed E-state index contributed by atoms with van der Waals surface area (Å²) in [5, 5.41) is 0.812. The molecule has 0 saturated carbocycles. The summed E-state index contributed by atoms with van der Waals surface area (Å²) in [4.78, 5) is 22.5. The summed E-state index contributed by atoms with van der Waals surface area (Å²) < 4.78 is 5.60. The number of hydrogen-bond acceptors (Lipinski definition) is 4. The lowest BCUT2D eigenvalue weighted by Gasteiger charge is -2.04. The molecule has 4 nitrogen and oxygen atoms in total. The number of ether oxygens (including phenoxy) is 1. The zero-order chi connectivity index (χ0) is 18.6. The summed E-state index contributed by atoms with van der Waals surface area (Å²) in [6, 6.07) is 7.94. The number of rotatable bonds is 5. The Morgan fingerprint density at radius 2 is 1.96 bits per heavy atom. The first kappa shape index (κ1) is 18.0. The maximum Gasteiger partial charge on any atom is 0.260 e. The van der Waals surface area contributed by atoms with Crippen LogP contribution in [0.15, 0.2) is 29.1 Å². The maximum absolute atomic E-state index is 12.7. The first-order valence-corrected chi connectivity index (χ1v) is 10.5. The molecule has 0 spiro atoms. The van der Waals surface area contributed by atoms with Crippen molar-refractivity contribution in [1.82, 2.24) is 9.97 Å². The normalized spacial score (nSPS) is 14.4. The molecule has 1 N–H and O–H groups in total. The van der Waals surface area contributed by atoms with E-state index in [9.17, 15) is 4.79 Å². The van der Waals surface area contributed by atoms with Gasteiger partial charge in [0.2, 0.25) is 0 Å². The second-order valence-electron chi connectivity index (χ2n) is 6.95. The first-order chi connectivity index (χ1) is 13.2. The summed E-state index contributed by atoms with van der Waals surface area (Å²) in [5.74, 6) is 1.48. The lowest BCUT2D eigenvalue weighted by molar-refractivity contribution is 0.317. The minimum atomic E-state index is -0.0117. The number of aryl methyl sites for hydroxylation is 2. The van der Waals surface area contributed by atoms with Gasteiger partial charge in [-0.3, -0.25) is 4.79 Å². The average Bonchev–Trinajstić information content (AvgIpc) is 2.87. The van der Waals surface area contributed by atoms with Crippen LogP contribution in [0.2, 0.25) is 0 Å². The molecule has 0 aliphatic heterocycles. The van der Waals surface area contributed by atoms with Crippen LogP contribution < -0.4 is 10.3 Å². The van der Waals surface area contributed by atoms with Crippen LogP contribution in [0.25, 0.3) is 22.4 Å². The van der Waals surface area contributed by atoms with Gasteiger partial charge in [0.05, 0.1) is 12.0 Å². The van der Waals surface area contributed by atoms with Crippen LogP contribution >= 0.6 is 11.3 Å². The van der Waals surface area contributed by atoms with Gasteiger partial charge in [-0.2, -0.15) is 0 Å². The van der Waals surface area contributed by atoms with Crippen molar-refractivity contribution in [2.45, 2.75) is 45.4 Å². The Morgan fingerprint density at radius 1 is 1.15 bits per heavy atom. The number of aromatic nitrogens is 2. The molecule has 1 aromatic carbocycles. The number of nitrogens with zero attached hydrogens (tertiary/aromatic N) is 1. The molecular weight excluding hydrogens is 356 g/mol. The molecule has 27 heavy (non-hydrogen) atoms. The van der Waals surface area contributed by atoms with Crippen LogP contribution in [0.4, 0.5) is 0 Å². The standard InChI is InChI=1S/C22H24N2O2S/c1-2-14-26-16-11-8-15(9-12-16)10-13-19-23-21(25)20-17-6-4-3-5-7-18(17)27-22(20)24-19/h8-13H,2-7,14H2,1H3,(H,23,24,25)/b13-10+. The third-order valence-electron chi connectivity index (χ3n) is 4.88. The second kappa shape index (κ2) is 8.09. The third-order valence-corrected chi connectivity index (χ3v) is 6.07. The number of nitrogens with one attached hydrogen (secondary N) is 1. The third kappa shape index (κ3) is 3.98. The molecule has 140 valence electrons. The molecule has 0 unspecified atom stereocenters. The SMILES string of the molecule is CCCOc1ccc(/C=C/c2nc3sc4c(c3c(=O)[nH]2)CCCCC4)cc1. The fourth-order valence-electron chi connectivity index (χ4n) is 3.51. The number of thiophene rings is 1. The van der Waals surface area contributed by atoms with Crippen LogP contribution in [0.5, 0.6) is 5.75 Å². The number of fused-ring (bicyclic) bond motifs is 3. The Balaban J connectivity index is 1.59. The summed E-state index contributed by atoms with van der Waals surface area (Å²) in [7, 11) is 0. The van der Waals surface area contributed by atoms with Gasteiger partial charge in [0.25, 0.3) is 5.56 Å². The van der Waals surface area contributed by atoms with Gasteiger partial charge in [-0.05, 0) is 61.4 Å². The Bertz CT molecular complexity index is 1020. The molecule has 0 bridgehead atoms. The van der Waals surface area contributed by atoms with Gasteiger partial charge in [0, 0.05) is 4.88 Å². The number of hydrogen-bond donors (Lipinski definition) is 1. The largest absolute Gasteiger partial charge is 0.494 e. The van der Waals surface area contributed by atoms with E-state index in [4.69, 9.17) is 9.72 Å². The molecule has 0 fully saturated rings. The summed E-state index contributed by atoms with van der Waals surface area (Å²) in [5.41, 5.74) is 2.27. The van der Waals surface area contributed by atoms with Gasteiger partial charge < -0.3 is 9.72 Å². The van der Waals surface area contributed by atoms with Crippen molar-refractivity contribution >= 4 is 33.7 Å². The van der Waals surface area contributed by atoms with Gasteiger partial charge in [-0.1, -0.05) is 31.6 Å². The van der Waals surface area contributed by atoms with Crippen LogP contribution in [0.1, 0.15) is 54.4 Å². The molecule has 0 atom stereocenters. The predicted molar refractivity (Wildman–Crippen MR) is 113 cm³/mol. The quantitative estimate of drug-likeness (QED) is 0.618. The molecule has 4 rings (SSSR count). The van der Waals surface area contributed by atoms with Crippen molar-refractivity contribution in [2.75, 3.05) is 6.61 Å². The predicted octanol–water partition coefficient (Wildman–Crippen LogP) is 5.21. The minimum Gasteiger partial charge on any atom is -0.494 e. The highest BCUT2D eigenvalue weighted by Crippen LogP contribution is 2.32. The topological polar surface area (TPSA) is 55.0 Å². The zero-order valence-electron chi connectivity index (χ0n) is 15.6. The van der Waals surface area contributed by atoms with Gasteiger partial charge in [-0.25, -0.2) is 4.98 Å². The van der Waals surface area contributed by atoms with Crippen LogP contribution in [0.3, 0.4) is 0 Å². The van der Waals surface area contributed by atoms with E-state index < -0.39 is 0 Å². The number of H-pyrrole nitrogens is 1. The van der Waals surface area contributed by atoms with Crippen molar-refractivity contribution in [3.8, 4) is 5.75 Å². The van der Waals surface area contributed by atoms with E-state index in [0.717, 1.165) is 53.8 Å². The maximum atomic E-state index is 12.7. The molecule has 2 aromatic heterocycles. The summed E-state index contributed by atoms with van der Waals surface area (Å²) >= 11 is 1.69. The van der Waals surface area contributed by atoms with Crippen LogP contribution in [0, 0.1) is 0 Å². The molecule has 0 saturated heterocycles. The monoisotopic (exact) mass is 380 g/mol. The average molecular weight is 381 g/mol. The molecule has 3 aromatic rings. The Labute approximate surface area is 162 Å². The minimum absolute atomic E-state index is 0.0117. The first-order valence-electron chi connectivity index (χ1n) is 9.70. The van der Waals surface area contributed by atoms with Gasteiger partial charge in [0.1, 0.15) is 16.4 Å². The van der Waals surface area contributed by atoms with E-state index in [0.29, 0.717) is 5.82 Å². The van der Waals surface area contributed by atoms with E-state index in [1.165, 1.54) is 23.3 Å². The molecule has 0 radical (unpaired) electrons. The van der Waals surface area contributed by atoms with E-state index in [1.807, 2.05) is 36.4 Å². The van der Waals surface area contributed by atoms with Crippen molar-refractivity contribution < 1.29 is 4.74 Å². The molecule has 1 aliphatic rings. The summed E-state index contributed by atoms with van der Waals surface area (Å²) in [6.07, 6.45) is 10.5. The lowest BCUT2D eigenvalue weighted by atomic mass is 10.1. The van der Waals surface area contributed by atoms with E-state index in [1.54, 1.807) is 11.3 Å². The highest BCUT2D eigenvalue weighted by Gasteiger charge is 2.18. The Morgan fingerprint density at radius 3 is 2.78 bits per heavy atom. The molecule has 2 heterocycles. The van der Waals surface area contributed by atoms with Crippen molar-refractivity contribution in [3.63, 3.8) is 0 Å². The van der Waals surface area contributed by atoms with Crippen molar-refractivity contribution in [2.24, 2.45) is 0 Å². The van der Waals surface area contributed by atoms with E-state index in [-0.39, 0.29) is 5.56 Å². The van der Waals surface area contributed by atoms with Crippen molar-refractivity contribution in [3.05, 3.63) is 56.4 Å². The lowest BCUT2D eigenvalue weighted by Crippen LogP contribution is -2.10. The number of aromatic amines is 1. The Kier molecular flexibility index (Phi) is 5.39. The Hall–Kier alpha value is -2.40. The molecule has 0 amide bonds. The molecule has 5 heteroatoms. The van der Waals surface area contributed by atoms with Gasteiger partial charge >= 0.3 is 0 Å². The van der Waals surface area contributed by atoms with Gasteiger partial charge in [-0.15, -0.1) is 11.3 Å². The highest BCUT2D eigenvalue weighted by molar-refractivity contribution is 7.18. The van der Waals surface area contributed by atoms with Gasteiger partial charge in [0.15, 0.2) is 0 Å². The van der Waals surface area contributed by atoms with E-state index >= 15 is 0 Å². The van der Waals surface area contributed by atoms with E-state index in [2.05, 4.69) is 11.9 Å². The fourth-order valence-corrected chi connectivity index (χ4v) is 4.78. The zero-order valence-corrected chi connectivity index (χ0v) is 16.4. The molecule has 1 aliphatic carbocycles. The van der Waals surface area contributed by atoms with Crippen LogP contribution in [-0.2, 0) is 12.8 Å². The second-order valence-corrected chi connectivity index (χ2v) is 8.03. The smallest absolute Gasteiger partial charge is 0.260 e. The fraction of sp³-hybridized carbons (Fsp3) is 0.364. The molecular formula is C22H24N2O2S. The van der Waals surface area contributed by atoms with Crippen molar-refractivity contribution in [1.29, 1.82) is 0 Å².